The molecule has 160 valence electrons. The van der Waals surface area contributed by atoms with E-state index < -0.39 is 8.07 Å². The lowest BCUT2D eigenvalue weighted by Gasteiger charge is -2.15. The number of nitrogens with zero attached hydrogens (tertiary/aromatic N) is 6. The van der Waals surface area contributed by atoms with Crippen LogP contribution in [0.5, 0.6) is 0 Å². The summed E-state index contributed by atoms with van der Waals surface area (Å²) >= 11 is 1.38. The zero-order valence-corrected chi connectivity index (χ0v) is 19.4. The lowest BCUT2D eigenvalue weighted by Crippen LogP contribution is -2.25. The number of thiazole rings is 1. The van der Waals surface area contributed by atoms with E-state index in [0.29, 0.717) is 22.9 Å². The predicted molar refractivity (Wildman–Crippen MR) is 120 cm³/mol. The van der Waals surface area contributed by atoms with Crippen molar-refractivity contribution >= 4 is 40.7 Å². The molecule has 0 spiro atoms. The van der Waals surface area contributed by atoms with Crippen molar-refractivity contribution in [1.82, 2.24) is 29.1 Å². The lowest BCUT2D eigenvalue weighted by atomic mass is 10.3. The van der Waals surface area contributed by atoms with E-state index >= 15 is 0 Å². The lowest BCUT2D eigenvalue weighted by molar-refractivity contribution is 0.0782. The van der Waals surface area contributed by atoms with Crippen molar-refractivity contribution < 1.29 is 9.84 Å². The molecule has 4 heterocycles. The second-order valence-corrected chi connectivity index (χ2v) is 15.2. The molecule has 11 heteroatoms. The van der Waals surface area contributed by atoms with E-state index in [2.05, 4.69) is 34.8 Å². The molecule has 0 aliphatic carbocycles. The molecule has 4 rings (SSSR count). The van der Waals surface area contributed by atoms with E-state index in [-0.39, 0.29) is 18.7 Å². The SMILES string of the molecule is Cn1c2nc(CO)sc2c2cnn(Cc3ccn(COCC[Si](C)(C)C)n3)c(=O)c21. The van der Waals surface area contributed by atoms with Crippen molar-refractivity contribution in [1.29, 1.82) is 0 Å². The van der Waals surface area contributed by atoms with E-state index in [9.17, 15) is 9.90 Å². The summed E-state index contributed by atoms with van der Waals surface area (Å²) in [7, 11) is 0.703. The third-order valence-corrected chi connectivity index (χ3v) is 7.70. The molecule has 0 saturated heterocycles. The minimum atomic E-state index is -1.11. The summed E-state index contributed by atoms with van der Waals surface area (Å²) in [5.41, 5.74) is 1.80. The van der Waals surface area contributed by atoms with Gasteiger partial charge in [-0.15, -0.1) is 11.3 Å². The predicted octanol–water partition coefficient (Wildman–Crippen LogP) is 2.39. The first kappa shape index (κ1) is 20.9. The number of aromatic nitrogens is 6. The number of fused-ring (bicyclic) bond motifs is 3. The van der Waals surface area contributed by atoms with Crippen molar-refractivity contribution in [2.45, 2.75) is 45.6 Å². The Morgan fingerprint density at radius 2 is 2.10 bits per heavy atom. The Kier molecular flexibility index (Phi) is 5.62. The highest BCUT2D eigenvalue weighted by Gasteiger charge is 2.18. The molecule has 1 N–H and O–H groups in total. The summed E-state index contributed by atoms with van der Waals surface area (Å²) in [5.74, 6) is 0. The van der Waals surface area contributed by atoms with Crippen molar-refractivity contribution in [2.24, 2.45) is 7.05 Å². The fourth-order valence-corrected chi connectivity index (χ4v) is 4.98. The molecular formula is C19H26N6O3SSi. The van der Waals surface area contributed by atoms with Crippen LogP contribution in [0.15, 0.2) is 23.3 Å². The Bertz CT molecular complexity index is 1250. The fraction of sp³-hybridized carbons (Fsp3) is 0.474. The molecule has 0 amide bonds. The van der Waals surface area contributed by atoms with E-state index in [1.807, 2.05) is 19.3 Å². The molecule has 0 aromatic carbocycles. The number of aryl methyl sites for hydroxylation is 1. The molecule has 30 heavy (non-hydrogen) atoms. The second-order valence-electron chi connectivity index (χ2n) is 8.54. The fourth-order valence-electron chi connectivity index (χ4n) is 3.26. The number of hydrogen-bond donors (Lipinski definition) is 1. The van der Waals surface area contributed by atoms with Gasteiger partial charge >= 0.3 is 0 Å². The maximum Gasteiger partial charge on any atom is 0.291 e. The third-order valence-electron chi connectivity index (χ3n) is 4.93. The van der Waals surface area contributed by atoms with Gasteiger partial charge in [0.25, 0.3) is 5.56 Å². The van der Waals surface area contributed by atoms with Crippen LogP contribution in [0, 0.1) is 0 Å². The first-order valence-electron chi connectivity index (χ1n) is 9.82. The summed E-state index contributed by atoms with van der Waals surface area (Å²) in [5, 5.41) is 19.6. The summed E-state index contributed by atoms with van der Waals surface area (Å²) in [6, 6.07) is 2.99. The topological polar surface area (TPSA) is 100.0 Å². The minimum Gasteiger partial charge on any atom is -0.389 e. The highest BCUT2D eigenvalue weighted by Crippen LogP contribution is 2.30. The molecule has 0 saturated carbocycles. The molecule has 0 unspecified atom stereocenters. The van der Waals surface area contributed by atoms with Crippen LogP contribution in [0.3, 0.4) is 0 Å². The van der Waals surface area contributed by atoms with Crippen LogP contribution in [0.1, 0.15) is 10.7 Å². The van der Waals surface area contributed by atoms with Gasteiger partial charge in [-0.1, -0.05) is 19.6 Å². The van der Waals surface area contributed by atoms with Gasteiger partial charge in [-0.3, -0.25) is 4.79 Å². The zero-order chi connectivity index (χ0) is 21.5. The van der Waals surface area contributed by atoms with Crippen molar-refractivity contribution in [3.63, 3.8) is 0 Å². The largest absolute Gasteiger partial charge is 0.389 e. The highest BCUT2D eigenvalue weighted by atomic mass is 32.1. The van der Waals surface area contributed by atoms with Gasteiger partial charge in [0.2, 0.25) is 0 Å². The number of ether oxygens (including phenoxy) is 1. The van der Waals surface area contributed by atoms with Crippen LogP contribution < -0.4 is 5.56 Å². The van der Waals surface area contributed by atoms with E-state index in [1.165, 1.54) is 16.0 Å². The molecule has 0 bridgehead atoms. The minimum absolute atomic E-state index is 0.115. The average molecular weight is 447 g/mol. The van der Waals surface area contributed by atoms with Crippen LogP contribution in [0.4, 0.5) is 0 Å². The second kappa shape index (κ2) is 8.06. The van der Waals surface area contributed by atoms with Crippen LogP contribution in [0.2, 0.25) is 25.7 Å². The Morgan fingerprint density at radius 1 is 1.30 bits per heavy atom. The molecular weight excluding hydrogens is 420 g/mol. The van der Waals surface area contributed by atoms with Gasteiger partial charge in [-0.2, -0.15) is 10.2 Å². The van der Waals surface area contributed by atoms with Gasteiger partial charge in [0, 0.05) is 33.3 Å². The Labute approximate surface area is 178 Å². The monoisotopic (exact) mass is 446 g/mol. The van der Waals surface area contributed by atoms with Gasteiger partial charge in [0.15, 0.2) is 5.65 Å². The van der Waals surface area contributed by atoms with E-state index in [1.54, 1.807) is 15.4 Å². The molecule has 0 aliphatic heterocycles. The van der Waals surface area contributed by atoms with Crippen LogP contribution in [-0.4, -0.2) is 48.9 Å². The van der Waals surface area contributed by atoms with Crippen LogP contribution >= 0.6 is 11.3 Å². The molecule has 0 aliphatic rings. The smallest absolute Gasteiger partial charge is 0.291 e. The summed E-state index contributed by atoms with van der Waals surface area (Å²) in [6.07, 6.45) is 3.54. The standard InChI is InChI=1S/C19H26N6O3SSi/c1-23-16-14(17-18(23)21-15(11-26)29-17)9-20-25(19(16)27)10-13-5-6-24(22-13)12-28-7-8-30(2,3)4/h5-6,9,26H,7-8,10-12H2,1-4H3. The Balaban J connectivity index is 1.52. The van der Waals surface area contributed by atoms with Crippen molar-refractivity contribution in [3.05, 3.63) is 39.5 Å². The quantitative estimate of drug-likeness (QED) is 0.330. The first-order valence-corrected chi connectivity index (χ1v) is 14.3. The van der Waals surface area contributed by atoms with Crippen molar-refractivity contribution in [2.75, 3.05) is 6.61 Å². The summed E-state index contributed by atoms with van der Waals surface area (Å²) < 4.78 is 11.5. The summed E-state index contributed by atoms with van der Waals surface area (Å²) in [4.78, 5) is 17.4. The van der Waals surface area contributed by atoms with Crippen LogP contribution in [-0.2, 0) is 31.7 Å². The number of aliphatic hydroxyl groups is 1. The van der Waals surface area contributed by atoms with Gasteiger partial charge in [-0.05, 0) is 12.1 Å². The van der Waals surface area contributed by atoms with Gasteiger partial charge < -0.3 is 14.4 Å². The number of hydrogen-bond acceptors (Lipinski definition) is 7. The van der Waals surface area contributed by atoms with Gasteiger partial charge in [-0.25, -0.2) is 14.3 Å². The normalized spacial score (nSPS) is 12.4. The average Bonchev–Trinajstić information content (AvgIpc) is 3.37. The third kappa shape index (κ3) is 4.10. The number of rotatable bonds is 8. The number of aliphatic hydroxyl groups excluding tert-OH is 1. The van der Waals surface area contributed by atoms with Crippen molar-refractivity contribution in [3.8, 4) is 0 Å². The molecule has 4 aromatic rings. The van der Waals surface area contributed by atoms with E-state index in [0.717, 1.165) is 28.4 Å². The first-order chi connectivity index (χ1) is 14.3. The Morgan fingerprint density at radius 3 is 2.83 bits per heavy atom. The van der Waals surface area contributed by atoms with Crippen LogP contribution in [0.25, 0.3) is 21.3 Å². The molecule has 0 fully saturated rings. The highest BCUT2D eigenvalue weighted by molar-refractivity contribution is 7.19. The maximum atomic E-state index is 13.0. The molecule has 0 atom stereocenters. The Hall–Kier alpha value is -2.34. The van der Waals surface area contributed by atoms with Gasteiger partial charge in [0.05, 0.1) is 29.7 Å². The molecule has 0 radical (unpaired) electrons. The zero-order valence-electron chi connectivity index (χ0n) is 17.6. The molecule has 9 nitrogen and oxygen atoms in total. The maximum absolute atomic E-state index is 13.0. The molecule has 4 aromatic heterocycles. The van der Waals surface area contributed by atoms with E-state index in [4.69, 9.17) is 4.74 Å². The van der Waals surface area contributed by atoms with Gasteiger partial charge in [0.1, 0.15) is 17.3 Å². The summed E-state index contributed by atoms with van der Waals surface area (Å²) in [6.45, 7) is 8.27.